The van der Waals surface area contributed by atoms with Crippen LogP contribution in [0.2, 0.25) is 0 Å². The van der Waals surface area contributed by atoms with E-state index in [-0.39, 0.29) is 0 Å². The minimum atomic E-state index is 0.482. The molecule has 0 amide bonds. The predicted octanol–water partition coefficient (Wildman–Crippen LogP) is 24.5. The van der Waals surface area contributed by atoms with Crippen LogP contribution in [0.1, 0.15) is 169 Å². The van der Waals surface area contributed by atoms with Crippen LogP contribution in [0.3, 0.4) is 0 Å². The number of hydrogen-bond acceptors (Lipinski definition) is 4. The Balaban J connectivity index is 0.000000149. The van der Waals surface area contributed by atoms with E-state index in [1.54, 1.807) is 0 Å². The zero-order chi connectivity index (χ0) is 80.5. The Labute approximate surface area is 669 Å². The van der Waals surface area contributed by atoms with Gasteiger partial charge in [-0.05, 0) is 253 Å². The van der Waals surface area contributed by atoms with Crippen LogP contribution in [0.25, 0.3) is 112 Å². The first-order valence-electron chi connectivity index (χ1n) is 39.8. The molecule has 0 unspecified atom stereocenters. The maximum atomic E-state index is 4.73. The van der Waals surface area contributed by atoms with E-state index >= 15 is 0 Å². The Morgan fingerprint density at radius 1 is 0.232 bits per heavy atom. The summed E-state index contributed by atoms with van der Waals surface area (Å²) in [6, 6.07) is 74.6. The molecule has 0 atom stereocenters. The summed E-state index contributed by atoms with van der Waals surface area (Å²) in [6.45, 7) is 43.8. The number of benzene rings is 6. The second kappa shape index (κ2) is 35.7. The van der Waals surface area contributed by atoms with Crippen molar-refractivity contribution in [2.45, 2.75) is 162 Å². The molecule has 14 rings (SSSR count). The lowest BCUT2D eigenvalue weighted by molar-refractivity contribution is -0.660. The topological polar surface area (TPSA) is 67.1 Å². The lowest BCUT2D eigenvalue weighted by Gasteiger charge is -2.20. The van der Waals surface area contributed by atoms with E-state index in [0.717, 1.165) is 39.9 Å². The van der Waals surface area contributed by atoms with Crippen LogP contribution < -0.4 is 18.3 Å². The first kappa shape index (κ1) is 81.5. The minimum absolute atomic E-state index is 0.482. The van der Waals surface area contributed by atoms with Gasteiger partial charge in [-0.25, -0.2) is 18.3 Å². The zero-order valence-electron chi connectivity index (χ0n) is 71.0. The van der Waals surface area contributed by atoms with E-state index in [9.17, 15) is 0 Å². The Morgan fingerprint density at radius 3 is 0.812 bits per heavy atom. The molecule has 8 aromatic heterocycles. The van der Waals surface area contributed by atoms with Crippen LogP contribution in [0, 0.1) is 83.1 Å². The molecular weight excluding hydrogens is 1360 g/mol. The third-order valence-electron chi connectivity index (χ3n) is 22.0. The Hall–Kier alpha value is -11.5. The molecule has 0 aliphatic rings. The fourth-order valence-electron chi connectivity index (χ4n) is 16.5. The molecule has 0 spiro atoms. The van der Waals surface area contributed by atoms with Crippen molar-refractivity contribution in [2.24, 2.45) is 28.2 Å². The molecule has 0 radical (unpaired) electrons. The molecule has 568 valence electrons. The first-order chi connectivity index (χ1) is 53.5. The van der Waals surface area contributed by atoms with Crippen molar-refractivity contribution < 1.29 is 18.3 Å². The van der Waals surface area contributed by atoms with Gasteiger partial charge < -0.3 is 0 Å². The number of pyridine rings is 8. The lowest BCUT2D eigenvalue weighted by Crippen LogP contribution is -2.31. The van der Waals surface area contributed by atoms with Gasteiger partial charge in [0.25, 0.3) is 0 Å². The van der Waals surface area contributed by atoms with Crippen LogP contribution in [-0.4, -0.2) is 19.9 Å². The van der Waals surface area contributed by atoms with Crippen molar-refractivity contribution in [2.75, 3.05) is 0 Å². The number of nitrogens with zero attached hydrogens (tertiary/aromatic N) is 8. The number of aryl methyl sites for hydroxylation is 16. The Bertz CT molecular complexity index is 5510. The zero-order valence-corrected chi connectivity index (χ0v) is 71.0. The van der Waals surface area contributed by atoms with Crippen molar-refractivity contribution in [3.05, 3.63) is 333 Å². The highest BCUT2D eigenvalue weighted by Crippen LogP contribution is 2.44. The molecule has 0 bridgehead atoms. The predicted molar refractivity (Wildman–Crippen MR) is 469 cm³/mol. The fraction of sp³-hybridized carbons (Fsp3) is 0.269. The summed E-state index contributed by atoms with van der Waals surface area (Å²) in [6.07, 6.45) is 12.4. The van der Waals surface area contributed by atoms with Gasteiger partial charge in [0.1, 0.15) is 28.2 Å². The van der Waals surface area contributed by atoms with E-state index in [4.69, 9.17) is 4.98 Å². The van der Waals surface area contributed by atoms with Crippen molar-refractivity contribution in [3.63, 3.8) is 0 Å². The molecule has 112 heavy (non-hydrogen) atoms. The van der Waals surface area contributed by atoms with Crippen LogP contribution in [0.15, 0.2) is 243 Å². The third-order valence-corrected chi connectivity index (χ3v) is 22.0. The van der Waals surface area contributed by atoms with Crippen LogP contribution >= 0.6 is 0 Å². The van der Waals surface area contributed by atoms with E-state index in [1.807, 2.05) is 12.4 Å². The molecule has 8 heteroatoms. The standard InChI is InChI=1S/C31H27N2.C26H33N2.C25H31N2.C22H25N2/c1-22-17-19-32-23(2)30(22)29-21-26(18-20-33(29)3)31-27(24-11-6-4-7-12-24)15-10-16-28(31)25-13-8-5-9-14-25;1-16(2)22-10-9-11-23(17(3)4)26(22)21-12-13-28(8)24(15-21)25-18(5)14-19(6)27-20(25)7;1-16(2)21-9-8-10-22(17(3)4)25(21)20-12-14-27(7)23(15-20)24-18(5)11-13-26-19(24)6;1-14-8-7-9-15(2)21(14)19-10-11-24(6)20(13-19)22-16(3)12-17(4)23-18(22)5/h4-21H,1-3H3;9-17H,1-8H3;8-17H,1-7H3;7-13H,1-6H3/q4*+1. The average molecular weight is 1480 g/mol. The molecule has 8 heterocycles. The largest absolute Gasteiger partial charge is 0.261 e. The number of hydrogen-bond donors (Lipinski definition) is 0. The van der Waals surface area contributed by atoms with Gasteiger partial charge in [0.2, 0.25) is 22.8 Å². The number of rotatable bonds is 14. The van der Waals surface area contributed by atoms with Gasteiger partial charge in [-0.1, -0.05) is 189 Å². The highest BCUT2D eigenvalue weighted by molar-refractivity contribution is 5.95. The van der Waals surface area contributed by atoms with E-state index in [0.29, 0.717) is 23.7 Å². The minimum Gasteiger partial charge on any atom is -0.261 e. The van der Waals surface area contributed by atoms with Crippen molar-refractivity contribution in [3.8, 4) is 112 Å². The maximum absolute atomic E-state index is 4.73. The molecule has 8 nitrogen and oxygen atoms in total. The summed E-state index contributed by atoms with van der Waals surface area (Å²) in [7, 11) is 8.44. The number of aromatic nitrogens is 8. The molecule has 0 saturated carbocycles. The molecule has 0 aliphatic heterocycles. The summed E-state index contributed by atoms with van der Waals surface area (Å²) in [4.78, 5) is 18.5. The summed E-state index contributed by atoms with van der Waals surface area (Å²) in [5.41, 5.74) is 44.8. The van der Waals surface area contributed by atoms with Crippen molar-refractivity contribution >= 4 is 0 Å². The van der Waals surface area contributed by atoms with E-state index in [1.165, 1.54) is 162 Å². The Kier molecular flexibility index (Phi) is 26.0. The van der Waals surface area contributed by atoms with Crippen LogP contribution in [-0.2, 0) is 28.2 Å². The third kappa shape index (κ3) is 17.9. The molecule has 14 aromatic rings. The molecular formula is C104H116N8+4. The highest BCUT2D eigenvalue weighted by atomic mass is 14.9. The highest BCUT2D eigenvalue weighted by Gasteiger charge is 2.27. The quantitative estimate of drug-likeness (QED) is 0.102. The molecule has 0 N–H and O–H groups in total. The van der Waals surface area contributed by atoms with Gasteiger partial charge in [0.15, 0.2) is 24.8 Å². The van der Waals surface area contributed by atoms with E-state index in [2.05, 4.69) is 431 Å². The summed E-state index contributed by atoms with van der Waals surface area (Å²) < 4.78 is 8.79. The smallest absolute Gasteiger partial charge is 0.214 e. The first-order valence-corrected chi connectivity index (χ1v) is 39.8. The normalized spacial score (nSPS) is 11.2. The summed E-state index contributed by atoms with van der Waals surface area (Å²) in [5.74, 6) is 1.93. The van der Waals surface area contributed by atoms with Gasteiger partial charge in [0.05, 0.1) is 45.0 Å². The second-order valence-electron chi connectivity index (χ2n) is 31.9. The van der Waals surface area contributed by atoms with Gasteiger partial charge >= 0.3 is 0 Å². The van der Waals surface area contributed by atoms with Gasteiger partial charge in [-0.3, -0.25) is 19.9 Å². The van der Waals surface area contributed by atoms with Crippen LogP contribution in [0.4, 0.5) is 0 Å². The van der Waals surface area contributed by atoms with Gasteiger partial charge in [-0.15, -0.1) is 0 Å². The Morgan fingerprint density at radius 2 is 0.509 bits per heavy atom. The molecule has 0 aliphatic carbocycles. The second-order valence-corrected chi connectivity index (χ2v) is 31.9. The van der Waals surface area contributed by atoms with E-state index < -0.39 is 0 Å². The van der Waals surface area contributed by atoms with Crippen LogP contribution in [0.5, 0.6) is 0 Å². The summed E-state index contributed by atoms with van der Waals surface area (Å²) in [5, 5.41) is 0. The molecule has 0 saturated heterocycles. The van der Waals surface area contributed by atoms with Gasteiger partial charge in [0, 0.05) is 72.3 Å². The summed E-state index contributed by atoms with van der Waals surface area (Å²) >= 11 is 0. The van der Waals surface area contributed by atoms with Crippen molar-refractivity contribution in [1.29, 1.82) is 0 Å². The SMILES string of the molecule is Cc1cc(C)c(-c2cc(-c3c(C(C)C)cccc3C(C)C)cc[n+]2C)c(C)n1.Cc1cc(C)c(-c2cc(-c3c(C)cccc3C)cc[n+]2C)c(C)n1.Cc1ccnc(C)c1-c1cc(-c2c(-c3ccccc3)cccc2-c2ccccc2)cc[n+]1C.Cc1ccnc(C)c1-c1cc(-c2c(C(C)C)cccc2C(C)C)cc[n+]1C. The molecule has 6 aromatic carbocycles. The fourth-order valence-corrected chi connectivity index (χ4v) is 16.5. The maximum Gasteiger partial charge on any atom is 0.214 e. The monoisotopic (exact) mass is 1480 g/mol. The molecule has 0 fully saturated rings. The van der Waals surface area contributed by atoms with Gasteiger partial charge in [-0.2, -0.15) is 0 Å². The lowest BCUT2D eigenvalue weighted by atomic mass is 9.85. The average Bonchev–Trinajstić information content (AvgIpc) is 0.781. The van der Waals surface area contributed by atoms with Crippen molar-refractivity contribution in [1.82, 2.24) is 19.9 Å².